The molecule has 51 heavy (non-hydrogen) atoms. The van der Waals surface area contributed by atoms with Gasteiger partial charge in [0, 0.05) is 43.1 Å². The minimum Gasteiger partial charge on any atom is -0.455 e. The molecule has 0 amide bonds. The lowest BCUT2D eigenvalue weighted by Gasteiger charge is -2.35. The summed E-state index contributed by atoms with van der Waals surface area (Å²) in [5.41, 5.74) is 12.7. The van der Waals surface area contributed by atoms with Crippen LogP contribution in [0.1, 0.15) is 0 Å². The van der Waals surface area contributed by atoms with E-state index in [2.05, 4.69) is 193 Å². The van der Waals surface area contributed by atoms with Crippen LogP contribution < -0.4 is 4.90 Å². The lowest BCUT2D eigenvalue weighted by Crippen LogP contribution is -2.12. The van der Waals surface area contributed by atoms with Crippen molar-refractivity contribution in [3.05, 3.63) is 176 Å². The van der Waals surface area contributed by atoms with E-state index in [1.165, 1.54) is 70.4 Å². The molecule has 0 radical (unpaired) electrons. The number of anilines is 3. The van der Waals surface area contributed by atoms with Crippen molar-refractivity contribution in [1.29, 1.82) is 0 Å². The van der Waals surface area contributed by atoms with Crippen LogP contribution in [0, 0.1) is 0 Å². The molecule has 3 heteroatoms. The van der Waals surface area contributed by atoms with Gasteiger partial charge in [0.1, 0.15) is 11.2 Å². The summed E-state index contributed by atoms with van der Waals surface area (Å²) in [5, 5.41) is 4.85. The van der Waals surface area contributed by atoms with Gasteiger partial charge in [0.25, 0.3) is 0 Å². The first-order valence-corrected chi connectivity index (χ1v) is 19.9. The van der Waals surface area contributed by atoms with Crippen LogP contribution in [0.5, 0.6) is 0 Å². The lowest BCUT2D eigenvalue weighted by atomic mass is 10.00. The maximum absolute atomic E-state index is 6.65. The van der Waals surface area contributed by atoms with Crippen molar-refractivity contribution in [3.63, 3.8) is 0 Å². The van der Waals surface area contributed by atoms with Crippen molar-refractivity contribution < 1.29 is 4.42 Å². The van der Waals surface area contributed by atoms with E-state index in [-0.39, 0.29) is 0 Å². The van der Waals surface area contributed by atoms with E-state index >= 15 is 0 Å². The topological polar surface area (TPSA) is 16.4 Å². The molecule has 9 aromatic rings. The monoisotopic (exact) mass is 673 g/mol. The van der Waals surface area contributed by atoms with E-state index in [0.717, 1.165) is 22.5 Å². The lowest BCUT2D eigenvalue weighted by molar-refractivity contribution is 0.669. The number of hydrogen-bond acceptors (Lipinski definition) is 2. The summed E-state index contributed by atoms with van der Waals surface area (Å²) in [7, 11) is -1.41. The first kappa shape index (κ1) is 29.8. The zero-order valence-corrected chi connectivity index (χ0v) is 29.3. The number of rotatable bonds is 5. The smallest absolute Gasteiger partial charge is 0.144 e. The van der Waals surface area contributed by atoms with Crippen LogP contribution in [-0.4, -0.2) is 12.5 Å². The number of para-hydroxylation sites is 1. The second-order valence-corrected chi connectivity index (χ2v) is 17.3. The molecule has 1 aromatic heterocycles. The van der Waals surface area contributed by atoms with E-state index in [1.54, 1.807) is 0 Å². The first-order chi connectivity index (χ1) is 25.0. The maximum Gasteiger partial charge on any atom is 0.144 e. The van der Waals surface area contributed by atoms with Gasteiger partial charge in [-0.15, -0.1) is 0 Å². The average Bonchev–Trinajstić information content (AvgIpc) is 3.68. The van der Waals surface area contributed by atoms with Crippen molar-refractivity contribution in [2.75, 3.05) is 17.4 Å². The second-order valence-electron chi connectivity index (χ2n) is 13.8. The minimum atomic E-state index is -1.41. The van der Waals surface area contributed by atoms with Crippen LogP contribution in [0.2, 0.25) is 0 Å². The number of hydrogen-bond donors (Lipinski definition) is 0. The average molecular weight is 674 g/mol. The van der Waals surface area contributed by atoms with Crippen molar-refractivity contribution in [3.8, 4) is 33.4 Å². The number of furan rings is 1. The molecule has 2 nitrogen and oxygen atoms in total. The van der Waals surface area contributed by atoms with E-state index in [0.29, 0.717) is 0 Å². The van der Waals surface area contributed by atoms with Gasteiger partial charge in [-0.25, -0.2) is 0 Å². The van der Waals surface area contributed by atoms with Gasteiger partial charge in [-0.1, -0.05) is 121 Å². The molecule has 0 spiro atoms. The molecule has 0 unspecified atom stereocenters. The molecular formula is C48H35NOS. The Labute approximate surface area is 299 Å². The fraction of sp³-hybridized carbons (Fsp3) is 0.0417. The molecule has 0 bridgehead atoms. The fourth-order valence-corrected chi connectivity index (χ4v) is 10.8. The highest BCUT2D eigenvalue weighted by molar-refractivity contribution is 8.33. The summed E-state index contributed by atoms with van der Waals surface area (Å²) < 4.78 is 6.65. The predicted molar refractivity (Wildman–Crippen MR) is 218 cm³/mol. The molecule has 0 aliphatic carbocycles. The Bertz CT molecular complexity index is 2760. The standard InChI is InChI=1S/C48H35NOS/c1-51(2)45-30-29-41-40-15-8-9-18-44(40)50-47(41)46(45)42-16-10-17-43(48(42)51)49(38-25-21-34(22-26-38)32-11-4-3-5-12-32)39-27-23-35(24-28-39)37-20-19-33-13-6-7-14-36(33)31-37/h3-31H,1-2H3. The summed E-state index contributed by atoms with van der Waals surface area (Å²) in [6, 6.07) is 63.8. The van der Waals surface area contributed by atoms with Gasteiger partial charge in [0.05, 0.1) is 5.69 Å². The fourth-order valence-electron chi connectivity index (χ4n) is 8.03. The van der Waals surface area contributed by atoms with E-state index in [1.807, 2.05) is 0 Å². The van der Waals surface area contributed by atoms with Crippen LogP contribution in [0.4, 0.5) is 17.1 Å². The van der Waals surface area contributed by atoms with Crippen molar-refractivity contribution >= 4 is 59.8 Å². The van der Waals surface area contributed by atoms with Gasteiger partial charge in [0.15, 0.2) is 0 Å². The molecule has 2 heterocycles. The SMILES string of the molecule is CS1(C)c2ccc3c(oc4ccccc43)c2-c2cccc(N(c3ccc(-c4ccccc4)cc3)c3ccc(-c4ccc5ccccc5c4)cc3)c21. The van der Waals surface area contributed by atoms with Crippen molar-refractivity contribution in [2.45, 2.75) is 9.79 Å². The Kier molecular flexibility index (Phi) is 6.74. The molecule has 8 aromatic carbocycles. The quantitative estimate of drug-likeness (QED) is 0.181. The van der Waals surface area contributed by atoms with E-state index in [4.69, 9.17) is 4.42 Å². The third-order valence-electron chi connectivity index (χ3n) is 10.5. The summed E-state index contributed by atoms with van der Waals surface area (Å²) in [4.78, 5) is 5.22. The van der Waals surface area contributed by atoms with Gasteiger partial charge < -0.3 is 9.32 Å². The zero-order chi connectivity index (χ0) is 34.1. The van der Waals surface area contributed by atoms with Crippen LogP contribution in [0.3, 0.4) is 0 Å². The summed E-state index contributed by atoms with van der Waals surface area (Å²) in [5.74, 6) is 0. The van der Waals surface area contributed by atoms with Crippen LogP contribution in [-0.2, 0) is 0 Å². The first-order valence-electron chi connectivity index (χ1n) is 17.4. The highest BCUT2D eigenvalue weighted by atomic mass is 32.3. The Morgan fingerprint density at radius 1 is 0.471 bits per heavy atom. The van der Waals surface area contributed by atoms with Crippen LogP contribution >= 0.6 is 10.0 Å². The van der Waals surface area contributed by atoms with E-state index in [9.17, 15) is 0 Å². The molecule has 0 saturated carbocycles. The normalized spacial score (nSPS) is 13.7. The summed E-state index contributed by atoms with van der Waals surface area (Å²) in [6.45, 7) is 0. The number of nitrogens with zero attached hydrogens (tertiary/aromatic N) is 1. The third kappa shape index (κ3) is 4.73. The molecule has 1 aliphatic rings. The van der Waals surface area contributed by atoms with Crippen LogP contribution in [0.25, 0.3) is 66.1 Å². The Hall–Kier alpha value is -6.03. The van der Waals surface area contributed by atoms with Gasteiger partial charge >= 0.3 is 0 Å². The van der Waals surface area contributed by atoms with Crippen molar-refractivity contribution in [2.24, 2.45) is 0 Å². The van der Waals surface area contributed by atoms with Crippen molar-refractivity contribution in [1.82, 2.24) is 0 Å². The molecule has 244 valence electrons. The molecule has 1 aliphatic heterocycles. The molecule has 10 rings (SSSR count). The minimum absolute atomic E-state index is 0.935. The second kappa shape index (κ2) is 11.5. The molecule has 0 fully saturated rings. The highest BCUT2D eigenvalue weighted by Crippen LogP contribution is 2.71. The summed E-state index contributed by atoms with van der Waals surface area (Å²) in [6.07, 6.45) is 4.88. The Morgan fingerprint density at radius 2 is 1.10 bits per heavy atom. The number of benzene rings is 8. The molecule has 0 atom stereocenters. The highest BCUT2D eigenvalue weighted by Gasteiger charge is 2.38. The van der Waals surface area contributed by atoms with Gasteiger partial charge in [0.2, 0.25) is 0 Å². The molecule has 0 N–H and O–H groups in total. The summed E-state index contributed by atoms with van der Waals surface area (Å²) >= 11 is 0. The maximum atomic E-state index is 6.65. The predicted octanol–water partition coefficient (Wildman–Crippen LogP) is 14.0. The largest absolute Gasteiger partial charge is 0.455 e. The van der Waals surface area contributed by atoms with Crippen LogP contribution in [0.15, 0.2) is 190 Å². The van der Waals surface area contributed by atoms with Gasteiger partial charge in [-0.05, 0) is 100 Å². The third-order valence-corrected chi connectivity index (χ3v) is 13.4. The van der Waals surface area contributed by atoms with Gasteiger partial charge in [-0.2, -0.15) is 10.0 Å². The molecular weight excluding hydrogens is 639 g/mol. The number of fused-ring (bicyclic) bond motifs is 8. The van der Waals surface area contributed by atoms with E-state index < -0.39 is 10.0 Å². The van der Waals surface area contributed by atoms with Gasteiger partial charge in [-0.3, -0.25) is 0 Å². The Balaban J connectivity index is 1.15. The zero-order valence-electron chi connectivity index (χ0n) is 28.5. The molecule has 0 saturated heterocycles. The Morgan fingerprint density at radius 3 is 1.86 bits per heavy atom.